The van der Waals surface area contributed by atoms with Gasteiger partial charge in [-0.15, -0.1) is 11.3 Å². The van der Waals surface area contributed by atoms with E-state index in [2.05, 4.69) is 15.3 Å². The maximum Gasteiger partial charge on any atom is 0.322 e. The van der Waals surface area contributed by atoms with Crippen LogP contribution in [0.4, 0.5) is 5.95 Å². The molecule has 0 saturated heterocycles. The molecule has 0 atom stereocenters. The Kier molecular flexibility index (Phi) is 3.34. The van der Waals surface area contributed by atoms with Crippen molar-refractivity contribution in [3.05, 3.63) is 29.3 Å². The zero-order valence-corrected chi connectivity index (χ0v) is 9.99. The molecule has 2 heterocycles. The van der Waals surface area contributed by atoms with Crippen LogP contribution >= 0.6 is 11.3 Å². The van der Waals surface area contributed by atoms with Gasteiger partial charge >= 0.3 is 5.97 Å². The van der Waals surface area contributed by atoms with Gasteiger partial charge in [0.1, 0.15) is 6.54 Å². The van der Waals surface area contributed by atoms with Gasteiger partial charge in [-0.3, -0.25) is 4.79 Å². The van der Waals surface area contributed by atoms with Crippen molar-refractivity contribution < 1.29 is 9.90 Å². The number of carbonyl (C=O) groups is 1. The van der Waals surface area contributed by atoms with E-state index in [1.165, 1.54) is 0 Å². The molecule has 0 fully saturated rings. The van der Waals surface area contributed by atoms with Crippen LogP contribution in [0, 0.1) is 6.92 Å². The van der Waals surface area contributed by atoms with Crippen molar-refractivity contribution in [3.8, 4) is 10.6 Å². The normalized spacial score (nSPS) is 10.2. The monoisotopic (exact) mass is 249 g/mol. The summed E-state index contributed by atoms with van der Waals surface area (Å²) < 4.78 is 0. The molecule has 5 nitrogen and oxygen atoms in total. The van der Waals surface area contributed by atoms with Crippen LogP contribution in [0.5, 0.6) is 0 Å². The van der Waals surface area contributed by atoms with Crippen LogP contribution < -0.4 is 5.32 Å². The average molecular weight is 249 g/mol. The second kappa shape index (κ2) is 4.92. The number of carboxylic acids is 1. The number of carboxylic acid groups (broad SMARTS) is 1. The molecule has 0 spiro atoms. The van der Waals surface area contributed by atoms with Gasteiger partial charge in [0, 0.05) is 5.69 Å². The van der Waals surface area contributed by atoms with Crippen molar-refractivity contribution in [2.24, 2.45) is 0 Å². The van der Waals surface area contributed by atoms with Gasteiger partial charge < -0.3 is 10.4 Å². The number of thiophene rings is 1. The molecule has 2 N–H and O–H groups in total. The maximum absolute atomic E-state index is 10.5. The fourth-order valence-electron chi connectivity index (χ4n) is 1.35. The molecule has 0 aromatic carbocycles. The summed E-state index contributed by atoms with van der Waals surface area (Å²) in [5.74, 6) is -0.594. The minimum absolute atomic E-state index is 0.187. The molecule has 2 rings (SSSR count). The molecule has 0 aliphatic carbocycles. The number of anilines is 1. The number of nitrogens with zero attached hydrogens (tertiary/aromatic N) is 2. The lowest BCUT2D eigenvalue weighted by Crippen LogP contribution is -2.14. The van der Waals surface area contributed by atoms with Crippen molar-refractivity contribution in [2.45, 2.75) is 6.92 Å². The van der Waals surface area contributed by atoms with E-state index in [-0.39, 0.29) is 6.54 Å². The molecular weight excluding hydrogens is 238 g/mol. The lowest BCUT2D eigenvalue weighted by molar-refractivity contribution is -0.134. The van der Waals surface area contributed by atoms with E-state index in [0.29, 0.717) is 5.95 Å². The first kappa shape index (κ1) is 11.5. The standard InChI is InChI=1S/C11H11N3O2S/c1-7-5-8(9-3-2-4-17-9)14-11(13-7)12-6-10(15)16/h2-5H,6H2,1H3,(H,15,16)(H,12,13,14). The number of rotatable bonds is 4. The molecule has 0 bridgehead atoms. The van der Waals surface area contributed by atoms with Gasteiger partial charge in [0.2, 0.25) is 5.95 Å². The van der Waals surface area contributed by atoms with Crippen molar-refractivity contribution in [2.75, 3.05) is 11.9 Å². The molecule has 0 amide bonds. The smallest absolute Gasteiger partial charge is 0.322 e. The fraction of sp³-hybridized carbons (Fsp3) is 0.182. The second-order valence-corrected chi connectivity index (χ2v) is 4.39. The van der Waals surface area contributed by atoms with E-state index >= 15 is 0 Å². The highest BCUT2D eigenvalue weighted by Crippen LogP contribution is 2.23. The van der Waals surface area contributed by atoms with Gasteiger partial charge in [0.25, 0.3) is 0 Å². The summed E-state index contributed by atoms with van der Waals surface area (Å²) in [5.41, 5.74) is 1.61. The van der Waals surface area contributed by atoms with Crippen molar-refractivity contribution >= 4 is 23.3 Å². The van der Waals surface area contributed by atoms with Crippen LogP contribution in [0.1, 0.15) is 5.69 Å². The van der Waals surface area contributed by atoms with Crippen molar-refractivity contribution in [1.29, 1.82) is 0 Å². The topological polar surface area (TPSA) is 75.1 Å². The second-order valence-electron chi connectivity index (χ2n) is 3.44. The van der Waals surface area contributed by atoms with E-state index in [9.17, 15) is 4.79 Å². The number of aryl methyl sites for hydroxylation is 1. The van der Waals surface area contributed by atoms with Gasteiger partial charge in [0.05, 0.1) is 10.6 Å². The van der Waals surface area contributed by atoms with Gasteiger partial charge in [0.15, 0.2) is 0 Å². The predicted octanol–water partition coefficient (Wildman–Crippen LogP) is 2.01. The number of hydrogen-bond acceptors (Lipinski definition) is 5. The third kappa shape index (κ3) is 3.01. The van der Waals surface area contributed by atoms with Crippen molar-refractivity contribution in [3.63, 3.8) is 0 Å². The highest BCUT2D eigenvalue weighted by atomic mass is 32.1. The summed E-state index contributed by atoms with van der Waals surface area (Å²) in [5, 5.41) is 13.2. The van der Waals surface area contributed by atoms with E-state index in [4.69, 9.17) is 5.11 Å². The number of aromatic nitrogens is 2. The maximum atomic E-state index is 10.5. The molecule has 2 aromatic heterocycles. The third-order valence-electron chi connectivity index (χ3n) is 2.03. The highest BCUT2D eigenvalue weighted by Gasteiger charge is 2.06. The zero-order valence-electron chi connectivity index (χ0n) is 9.17. The van der Waals surface area contributed by atoms with Crippen LogP contribution in [-0.2, 0) is 4.79 Å². The Bertz CT molecular complexity index is 526. The average Bonchev–Trinajstić information content (AvgIpc) is 2.79. The Balaban J connectivity index is 2.26. The molecule has 17 heavy (non-hydrogen) atoms. The lowest BCUT2D eigenvalue weighted by Gasteiger charge is -2.05. The summed E-state index contributed by atoms with van der Waals surface area (Å²) in [7, 11) is 0. The molecule has 6 heteroatoms. The SMILES string of the molecule is Cc1cc(-c2cccs2)nc(NCC(=O)O)n1. The fourth-order valence-corrected chi connectivity index (χ4v) is 2.04. The lowest BCUT2D eigenvalue weighted by atomic mass is 10.3. The number of nitrogens with one attached hydrogen (secondary N) is 1. The minimum Gasteiger partial charge on any atom is -0.480 e. The first-order valence-electron chi connectivity index (χ1n) is 5.00. The Morgan fingerprint density at radius 2 is 2.35 bits per heavy atom. The summed E-state index contributed by atoms with van der Waals surface area (Å²) in [6.45, 7) is 1.66. The number of hydrogen-bond donors (Lipinski definition) is 2. The third-order valence-corrected chi connectivity index (χ3v) is 2.92. The summed E-state index contributed by atoms with van der Waals surface area (Å²) in [4.78, 5) is 19.9. The Hall–Kier alpha value is -1.95. The molecule has 88 valence electrons. The molecule has 2 aromatic rings. The van der Waals surface area contributed by atoms with Crippen LogP contribution in [0.15, 0.2) is 23.6 Å². The highest BCUT2D eigenvalue weighted by molar-refractivity contribution is 7.13. The molecule has 0 unspecified atom stereocenters. The van der Waals surface area contributed by atoms with Gasteiger partial charge in [-0.05, 0) is 24.4 Å². The molecule has 0 aliphatic heterocycles. The Labute approximate surface area is 102 Å². The van der Waals surface area contributed by atoms with E-state index in [1.807, 2.05) is 30.5 Å². The first-order chi connectivity index (χ1) is 8.15. The van der Waals surface area contributed by atoms with Crippen LogP contribution in [0.25, 0.3) is 10.6 Å². The van der Waals surface area contributed by atoms with E-state index in [1.54, 1.807) is 11.3 Å². The quantitative estimate of drug-likeness (QED) is 0.867. The van der Waals surface area contributed by atoms with Gasteiger partial charge in [-0.25, -0.2) is 9.97 Å². The largest absolute Gasteiger partial charge is 0.480 e. The zero-order chi connectivity index (χ0) is 12.3. The van der Waals surface area contributed by atoms with E-state index in [0.717, 1.165) is 16.3 Å². The predicted molar refractivity (Wildman–Crippen MR) is 66.2 cm³/mol. The summed E-state index contributed by atoms with van der Waals surface area (Å²) >= 11 is 1.58. The molecular formula is C11H11N3O2S. The molecule has 0 saturated carbocycles. The molecule has 0 radical (unpaired) electrons. The Morgan fingerprint density at radius 3 is 3.00 bits per heavy atom. The number of aliphatic carboxylic acids is 1. The summed E-state index contributed by atoms with van der Waals surface area (Å²) in [6.07, 6.45) is 0. The van der Waals surface area contributed by atoms with Gasteiger partial charge in [-0.2, -0.15) is 0 Å². The van der Waals surface area contributed by atoms with Gasteiger partial charge in [-0.1, -0.05) is 6.07 Å². The minimum atomic E-state index is -0.937. The first-order valence-corrected chi connectivity index (χ1v) is 5.88. The van der Waals surface area contributed by atoms with Crippen LogP contribution in [0.2, 0.25) is 0 Å². The summed E-state index contributed by atoms with van der Waals surface area (Å²) in [6, 6.07) is 5.78. The Morgan fingerprint density at radius 1 is 1.53 bits per heavy atom. The van der Waals surface area contributed by atoms with Crippen LogP contribution in [0.3, 0.4) is 0 Å². The van der Waals surface area contributed by atoms with Crippen LogP contribution in [-0.4, -0.2) is 27.6 Å². The van der Waals surface area contributed by atoms with Crippen molar-refractivity contribution in [1.82, 2.24) is 9.97 Å². The molecule has 0 aliphatic rings. The van der Waals surface area contributed by atoms with E-state index < -0.39 is 5.97 Å².